The van der Waals surface area contributed by atoms with Crippen molar-refractivity contribution in [3.05, 3.63) is 65.7 Å². The monoisotopic (exact) mass is 372 g/mol. The molecule has 1 amide bonds. The Kier molecular flexibility index (Phi) is 5.74. The van der Waals surface area contributed by atoms with Crippen molar-refractivity contribution < 1.29 is 13.2 Å². The molecule has 2 aromatic carbocycles. The lowest BCUT2D eigenvalue weighted by Gasteiger charge is -2.27. The van der Waals surface area contributed by atoms with Gasteiger partial charge in [-0.05, 0) is 30.5 Å². The predicted molar refractivity (Wildman–Crippen MR) is 101 cm³/mol. The minimum atomic E-state index is -3.66. The second-order valence-electron chi connectivity index (χ2n) is 6.61. The maximum absolute atomic E-state index is 13.0. The van der Waals surface area contributed by atoms with E-state index in [0.717, 1.165) is 24.8 Å². The summed E-state index contributed by atoms with van der Waals surface area (Å²) in [6, 6.07) is 16.2. The van der Waals surface area contributed by atoms with Crippen LogP contribution in [0.2, 0.25) is 0 Å². The van der Waals surface area contributed by atoms with E-state index in [9.17, 15) is 13.2 Å². The molecule has 0 unspecified atom stereocenters. The molecule has 0 radical (unpaired) electrons. The summed E-state index contributed by atoms with van der Waals surface area (Å²) >= 11 is 0. The topological polar surface area (TPSA) is 57.7 Å². The fourth-order valence-electron chi connectivity index (χ4n) is 3.25. The largest absolute Gasteiger partial charge is 0.337 e. The summed E-state index contributed by atoms with van der Waals surface area (Å²) in [5.74, 6) is -0.287. The van der Waals surface area contributed by atoms with Crippen molar-refractivity contribution in [3.8, 4) is 0 Å². The smallest absolute Gasteiger partial charge is 0.255 e. The minimum Gasteiger partial charge on any atom is -0.337 e. The molecule has 1 heterocycles. The number of rotatable bonds is 5. The van der Waals surface area contributed by atoms with Gasteiger partial charge < -0.3 is 4.90 Å². The van der Waals surface area contributed by atoms with Gasteiger partial charge in [0.05, 0.1) is 10.5 Å². The van der Waals surface area contributed by atoms with E-state index in [0.29, 0.717) is 19.6 Å². The van der Waals surface area contributed by atoms with Crippen LogP contribution in [0.15, 0.2) is 59.5 Å². The first-order valence-electron chi connectivity index (χ1n) is 8.89. The molecule has 26 heavy (non-hydrogen) atoms. The van der Waals surface area contributed by atoms with Crippen molar-refractivity contribution in [2.75, 3.05) is 20.1 Å². The van der Waals surface area contributed by atoms with E-state index in [1.165, 1.54) is 10.4 Å². The Morgan fingerprint density at radius 1 is 0.962 bits per heavy atom. The normalized spacial score (nSPS) is 15.6. The van der Waals surface area contributed by atoms with Crippen molar-refractivity contribution in [3.63, 3.8) is 0 Å². The van der Waals surface area contributed by atoms with E-state index in [-0.39, 0.29) is 16.4 Å². The van der Waals surface area contributed by atoms with Gasteiger partial charge in [0, 0.05) is 26.7 Å². The molecule has 0 bridgehead atoms. The van der Waals surface area contributed by atoms with Gasteiger partial charge in [-0.2, -0.15) is 4.31 Å². The fraction of sp³-hybridized carbons (Fsp3) is 0.350. The lowest BCUT2D eigenvalue weighted by molar-refractivity contribution is 0.0781. The third-order valence-corrected chi connectivity index (χ3v) is 6.62. The summed E-state index contributed by atoms with van der Waals surface area (Å²) in [4.78, 5) is 14.6. The highest BCUT2D eigenvalue weighted by Crippen LogP contribution is 2.24. The molecule has 1 aliphatic rings. The van der Waals surface area contributed by atoms with Crippen molar-refractivity contribution in [2.24, 2.45) is 0 Å². The third-order valence-electron chi connectivity index (χ3n) is 4.66. The van der Waals surface area contributed by atoms with Crippen molar-refractivity contribution in [2.45, 2.75) is 30.7 Å². The summed E-state index contributed by atoms with van der Waals surface area (Å²) in [5.41, 5.74) is 1.23. The second kappa shape index (κ2) is 8.01. The van der Waals surface area contributed by atoms with E-state index in [4.69, 9.17) is 0 Å². The Balaban J connectivity index is 1.87. The Bertz CT molecular complexity index is 860. The van der Waals surface area contributed by atoms with E-state index in [2.05, 4.69) is 0 Å². The first-order valence-corrected chi connectivity index (χ1v) is 10.3. The Morgan fingerprint density at radius 3 is 2.27 bits per heavy atom. The van der Waals surface area contributed by atoms with Gasteiger partial charge in [-0.15, -0.1) is 0 Å². The first-order chi connectivity index (χ1) is 12.5. The number of carbonyl (C=O) groups excluding carboxylic acids is 1. The molecular weight excluding hydrogens is 348 g/mol. The SMILES string of the molecule is CN(Cc1ccccc1)C(=O)c1ccccc1S(=O)(=O)N1CCCCC1. The van der Waals surface area contributed by atoms with Crippen LogP contribution in [-0.4, -0.2) is 43.7 Å². The summed E-state index contributed by atoms with van der Waals surface area (Å²) in [7, 11) is -1.96. The molecule has 5 nitrogen and oxygen atoms in total. The molecule has 0 spiro atoms. The number of piperidine rings is 1. The average molecular weight is 372 g/mol. The first kappa shape index (κ1) is 18.6. The second-order valence-corrected chi connectivity index (χ2v) is 8.51. The molecule has 0 aliphatic carbocycles. The lowest BCUT2D eigenvalue weighted by Crippen LogP contribution is -2.37. The van der Waals surface area contributed by atoms with Crippen LogP contribution in [-0.2, 0) is 16.6 Å². The number of hydrogen-bond donors (Lipinski definition) is 0. The summed E-state index contributed by atoms with van der Waals surface area (Å²) in [6.07, 6.45) is 2.78. The van der Waals surface area contributed by atoms with Gasteiger partial charge in [0.25, 0.3) is 5.91 Å². The predicted octanol–water partition coefficient (Wildman–Crippen LogP) is 3.13. The average Bonchev–Trinajstić information content (AvgIpc) is 2.69. The van der Waals surface area contributed by atoms with Crippen LogP contribution >= 0.6 is 0 Å². The van der Waals surface area contributed by atoms with Crippen LogP contribution in [0, 0.1) is 0 Å². The van der Waals surface area contributed by atoms with E-state index in [1.807, 2.05) is 30.3 Å². The molecule has 3 rings (SSSR count). The van der Waals surface area contributed by atoms with Gasteiger partial charge >= 0.3 is 0 Å². The van der Waals surface area contributed by atoms with Gasteiger partial charge in [0.1, 0.15) is 0 Å². The molecule has 0 N–H and O–H groups in total. The van der Waals surface area contributed by atoms with Crippen LogP contribution in [0.4, 0.5) is 0 Å². The van der Waals surface area contributed by atoms with Crippen LogP contribution < -0.4 is 0 Å². The Labute approximate surface area is 155 Å². The molecule has 1 aliphatic heterocycles. The standard InChI is InChI=1S/C20H24N2O3S/c1-21(16-17-10-4-2-5-11-17)20(23)18-12-6-7-13-19(18)26(24,25)22-14-8-3-9-15-22/h2,4-7,10-13H,3,8-9,14-16H2,1H3. The highest BCUT2D eigenvalue weighted by Gasteiger charge is 2.30. The van der Waals surface area contributed by atoms with Gasteiger partial charge in [0.2, 0.25) is 10.0 Å². The lowest BCUT2D eigenvalue weighted by atomic mass is 10.1. The highest BCUT2D eigenvalue weighted by molar-refractivity contribution is 7.89. The van der Waals surface area contributed by atoms with E-state index in [1.54, 1.807) is 30.1 Å². The molecule has 0 saturated carbocycles. The third kappa shape index (κ3) is 3.97. The van der Waals surface area contributed by atoms with Crippen LogP contribution in [0.1, 0.15) is 35.2 Å². The number of carbonyl (C=O) groups is 1. The summed E-state index contributed by atoms with van der Waals surface area (Å²) < 4.78 is 27.6. The molecule has 1 fully saturated rings. The number of sulfonamides is 1. The maximum atomic E-state index is 13.0. The van der Waals surface area contributed by atoms with Gasteiger partial charge in [0.15, 0.2) is 0 Å². The number of benzene rings is 2. The molecule has 138 valence electrons. The van der Waals surface area contributed by atoms with Crippen LogP contribution in [0.5, 0.6) is 0 Å². The molecule has 1 saturated heterocycles. The van der Waals surface area contributed by atoms with E-state index < -0.39 is 10.0 Å². The Hall–Kier alpha value is -2.18. The van der Waals surface area contributed by atoms with Gasteiger partial charge in [-0.1, -0.05) is 48.9 Å². The zero-order valence-electron chi connectivity index (χ0n) is 15.0. The number of nitrogens with zero attached hydrogens (tertiary/aromatic N) is 2. The van der Waals surface area contributed by atoms with Crippen molar-refractivity contribution >= 4 is 15.9 Å². The number of hydrogen-bond acceptors (Lipinski definition) is 3. The van der Waals surface area contributed by atoms with Crippen molar-refractivity contribution in [1.82, 2.24) is 9.21 Å². The molecule has 0 atom stereocenters. The van der Waals surface area contributed by atoms with Gasteiger partial charge in [-0.25, -0.2) is 8.42 Å². The molecule has 0 aromatic heterocycles. The van der Waals surface area contributed by atoms with Crippen molar-refractivity contribution in [1.29, 1.82) is 0 Å². The highest BCUT2D eigenvalue weighted by atomic mass is 32.2. The van der Waals surface area contributed by atoms with Gasteiger partial charge in [-0.3, -0.25) is 4.79 Å². The fourth-order valence-corrected chi connectivity index (χ4v) is 4.95. The van der Waals surface area contributed by atoms with Crippen LogP contribution in [0.25, 0.3) is 0 Å². The number of amides is 1. The van der Waals surface area contributed by atoms with Crippen LogP contribution in [0.3, 0.4) is 0 Å². The minimum absolute atomic E-state index is 0.104. The zero-order chi connectivity index (χ0) is 18.6. The molecular formula is C20H24N2O3S. The summed E-state index contributed by atoms with van der Waals surface area (Å²) in [6.45, 7) is 1.47. The maximum Gasteiger partial charge on any atom is 0.255 e. The molecule has 6 heteroatoms. The van der Waals surface area contributed by atoms with E-state index >= 15 is 0 Å². The quantitative estimate of drug-likeness (QED) is 0.810. The Morgan fingerprint density at radius 2 is 1.58 bits per heavy atom. The zero-order valence-corrected chi connectivity index (χ0v) is 15.8. The molecule has 2 aromatic rings. The summed E-state index contributed by atoms with van der Waals surface area (Å²) in [5, 5.41) is 0.